The largest absolute Gasteiger partial charge is 0.416 e. The van der Waals surface area contributed by atoms with Gasteiger partial charge < -0.3 is 10.1 Å². The second-order valence-electron chi connectivity index (χ2n) is 4.40. The molecule has 1 heterocycles. The van der Waals surface area contributed by atoms with Crippen LogP contribution in [0, 0.1) is 0 Å². The number of ether oxygens (including phenoxy) is 1. The molecule has 100 valence electrons. The predicted octanol–water partition coefficient (Wildman–Crippen LogP) is 3.14. The van der Waals surface area contributed by atoms with Crippen LogP contribution in [0.2, 0.25) is 0 Å². The zero-order valence-electron chi connectivity index (χ0n) is 10.1. The highest BCUT2D eigenvalue weighted by molar-refractivity contribution is 5.33. The van der Waals surface area contributed by atoms with E-state index in [0.717, 1.165) is 18.9 Å². The molecule has 2 atom stereocenters. The Morgan fingerprint density at radius 3 is 2.61 bits per heavy atom. The van der Waals surface area contributed by atoms with Crippen molar-refractivity contribution in [2.75, 3.05) is 13.7 Å². The molecule has 0 amide bonds. The van der Waals surface area contributed by atoms with Crippen LogP contribution in [0.4, 0.5) is 13.2 Å². The standard InChI is InChI=1S/C13H16F3NO/c1-17-12(11-7-4-8-18-11)9-5-2-3-6-10(9)13(14,15)16/h2-3,5-6,11-12,17H,4,7-8H2,1H3. The van der Waals surface area contributed by atoms with E-state index in [1.165, 1.54) is 12.1 Å². The quantitative estimate of drug-likeness (QED) is 0.900. The minimum Gasteiger partial charge on any atom is -0.376 e. The maximum absolute atomic E-state index is 13.0. The van der Waals surface area contributed by atoms with Crippen LogP contribution in [0.3, 0.4) is 0 Å². The molecule has 1 aliphatic heterocycles. The lowest BCUT2D eigenvalue weighted by Gasteiger charge is -2.25. The maximum atomic E-state index is 13.0. The van der Waals surface area contributed by atoms with Gasteiger partial charge in [-0.15, -0.1) is 0 Å². The number of alkyl halides is 3. The van der Waals surface area contributed by atoms with Gasteiger partial charge in [0.25, 0.3) is 0 Å². The first kappa shape index (κ1) is 13.4. The summed E-state index contributed by atoms with van der Waals surface area (Å²) in [7, 11) is 1.67. The van der Waals surface area contributed by atoms with Crippen molar-refractivity contribution in [3.05, 3.63) is 35.4 Å². The molecule has 0 aromatic heterocycles. The second-order valence-corrected chi connectivity index (χ2v) is 4.40. The van der Waals surface area contributed by atoms with Crippen LogP contribution in [0.15, 0.2) is 24.3 Å². The molecule has 0 bridgehead atoms. The third-order valence-corrected chi connectivity index (χ3v) is 3.25. The van der Waals surface area contributed by atoms with Crippen LogP contribution >= 0.6 is 0 Å². The first-order valence-electron chi connectivity index (χ1n) is 5.99. The van der Waals surface area contributed by atoms with E-state index in [9.17, 15) is 13.2 Å². The molecule has 1 fully saturated rings. The van der Waals surface area contributed by atoms with E-state index in [4.69, 9.17) is 4.74 Å². The highest BCUT2D eigenvalue weighted by Gasteiger charge is 2.37. The van der Waals surface area contributed by atoms with Crippen molar-refractivity contribution < 1.29 is 17.9 Å². The third-order valence-electron chi connectivity index (χ3n) is 3.25. The molecule has 1 aliphatic rings. The minimum absolute atomic E-state index is 0.182. The molecule has 1 aromatic carbocycles. The average molecular weight is 259 g/mol. The molecule has 0 spiro atoms. The van der Waals surface area contributed by atoms with Crippen LogP contribution in [0.5, 0.6) is 0 Å². The molecule has 2 rings (SSSR count). The van der Waals surface area contributed by atoms with E-state index >= 15 is 0 Å². The smallest absolute Gasteiger partial charge is 0.376 e. The molecule has 1 N–H and O–H groups in total. The Bertz CT molecular complexity index is 399. The van der Waals surface area contributed by atoms with Gasteiger partial charge in [-0.2, -0.15) is 13.2 Å². The highest BCUT2D eigenvalue weighted by atomic mass is 19.4. The molecule has 0 saturated carbocycles. The van der Waals surface area contributed by atoms with Crippen molar-refractivity contribution in [1.82, 2.24) is 5.32 Å². The van der Waals surface area contributed by atoms with Gasteiger partial charge in [0.05, 0.1) is 17.7 Å². The normalized spacial score (nSPS) is 22.1. The van der Waals surface area contributed by atoms with E-state index in [1.807, 2.05) is 0 Å². The summed E-state index contributed by atoms with van der Waals surface area (Å²) in [6.45, 7) is 0.622. The molecule has 0 aliphatic carbocycles. The van der Waals surface area contributed by atoms with E-state index in [1.54, 1.807) is 13.1 Å². The number of nitrogens with one attached hydrogen (secondary N) is 1. The zero-order valence-corrected chi connectivity index (χ0v) is 10.1. The van der Waals surface area contributed by atoms with Gasteiger partial charge in [-0.1, -0.05) is 18.2 Å². The van der Waals surface area contributed by atoms with Crippen molar-refractivity contribution in [1.29, 1.82) is 0 Å². The first-order chi connectivity index (χ1) is 8.54. The molecule has 1 saturated heterocycles. The van der Waals surface area contributed by atoms with E-state index in [0.29, 0.717) is 6.61 Å². The summed E-state index contributed by atoms with van der Waals surface area (Å²) in [6.07, 6.45) is -2.82. The topological polar surface area (TPSA) is 21.3 Å². The molecular weight excluding hydrogens is 243 g/mol. The zero-order chi connectivity index (χ0) is 13.2. The lowest BCUT2D eigenvalue weighted by molar-refractivity contribution is -0.138. The van der Waals surface area contributed by atoms with Crippen LogP contribution < -0.4 is 5.32 Å². The Labute approximate surface area is 104 Å². The molecule has 1 aromatic rings. The molecular formula is C13H16F3NO. The fourth-order valence-corrected chi connectivity index (χ4v) is 2.43. The lowest BCUT2D eigenvalue weighted by atomic mass is 9.94. The molecule has 0 radical (unpaired) electrons. The maximum Gasteiger partial charge on any atom is 0.416 e. The fourth-order valence-electron chi connectivity index (χ4n) is 2.43. The van der Waals surface area contributed by atoms with Gasteiger partial charge in [0.15, 0.2) is 0 Å². The number of likely N-dealkylation sites (N-methyl/N-ethyl adjacent to an activating group) is 1. The van der Waals surface area contributed by atoms with E-state index in [-0.39, 0.29) is 11.7 Å². The van der Waals surface area contributed by atoms with Gasteiger partial charge in [-0.05, 0) is 31.5 Å². The van der Waals surface area contributed by atoms with Crippen molar-refractivity contribution in [3.8, 4) is 0 Å². The summed E-state index contributed by atoms with van der Waals surface area (Å²) in [5.41, 5.74) is -0.320. The number of hydrogen-bond acceptors (Lipinski definition) is 2. The monoisotopic (exact) mass is 259 g/mol. The Hall–Kier alpha value is -1.07. The summed E-state index contributed by atoms with van der Waals surface area (Å²) in [6, 6.07) is 5.27. The Morgan fingerprint density at radius 1 is 1.33 bits per heavy atom. The summed E-state index contributed by atoms with van der Waals surface area (Å²) in [5.74, 6) is 0. The highest BCUT2D eigenvalue weighted by Crippen LogP contribution is 2.37. The van der Waals surface area contributed by atoms with E-state index in [2.05, 4.69) is 5.32 Å². The molecule has 2 unspecified atom stereocenters. The summed E-state index contributed by atoms with van der Waals surface area (Å²) in [4.78, 5) is 0. The van der Waals surface area contributed by atoms with Gasteiger partial charge >= 0.3 is 6.18 Å². The number of rotatable bonds is 3. The fraction of sp³-hybridized carbons (Fsp3) is 0.538. The minimum atomic E-state index is -4.33. The Morgan fingerprint density at radius 2 is 2.06 bits per heavy atom. The van der Waals surface area contributed by atoms with Crippen LogP contribution in [0.25, 0.3) is 0 Å². The first-order valence-corrected chi connectivity index (χ1v) is 5.99. The SMILES string of the molecule is CNC(c1ccccc1C(F)(F)F)C1CCCO1. The van der Waals surface area contributed by atoms with Gasteiger partial charge in [-0.25, -0.2) is 0 Å². The van der Waals surface area contributed by atoms with Gasteiger partial charge in [0.1, 0.15) is 0 Å². The Kier molecular flexibility index (Phi) is 3.92. The average Bonchev–Trinajstić information content (AvgIpc) is 2.83. The molecule has 5 heteroatoms. The molecule has 2 nitrogen and oxygen atoms in total. The number of halogens is 3. The van der Waals surface area contributed by atoms with Crippen molar-refractivity contribution in [3.63, 3.8) is 0 Å². The van der Waals surface area contributed by atoms with Crippen LogP contribution in [0.1, 0.15) is 30.0 Å². The van der Waals surface area contributed by atoms with Gasteiger partial charge in [0, 0.05) is 6.61 Å². The number of benzene rings is 1. The predicted molar refractivity (Wildman–Crippen MR) is 62.2 cm³/mol. The van der Waals surface area contributed by atoms with Gasteiger partial charge in [0.2, 0.25) is 0 Å². The van der Waals surface area contributed by atoms with Crippen molar-refractivity contribution >= 4 is 0 Å². The Balaban J connectivity index is 2.35. The third kappa shape index (κ3) is 2.67. The van der Waals surface area contributed by atoms with Crippen molar-refractivity contribution in [2.24, 2.45) is 0 Å². The number of hydrogen-bond donors (Lipinski definition) is 1. The summed E-state index contributed by atoms with van der Waals surface area (Å²) < 4.78 is 44.4. The van der Waals surface area contributed by atoms with Gasteiger partial charge in [-0.3, -0.25) is 0 Å². The molecule has 18 heavy (non-hydrogen) atoms. The van der Waals surface area contributed by atoms with Crippen LogP contribution in [-0.2, 0) is 10.9 Å². The van der Waals surface area contributed by atoms with Crippen molar-refractivity contribution in [2.45, 2.75) is 31.2 Å². The summed E-state index contributed by atoms with van der Waals surface area (Å²) in [5, 5.41) is 2.95. The van der Waals surface area contributed by atoms with E-state index < -0.39 is 17.8 Å². The van der Waals surface area contributed by atoms with Crippen LogP contribution in [-0.4, -0.2) is 19.8 Å². The lowest BCUT2D eigenvalue weighted by Crippen LogP contribution is -2.31. The second kappa shape index (κ2) is 5.28. The summed E-state index contributed by atoms with van der Waals surface area (Å²) >= 11 is 0.